The van der Waals surface area contributed by atoms with Gasteiger partial charge in [-0.05, 0) is 44.0 Å². The Morgan fingerprint density at radius 3 is 2.36 bits per heavy atom. The standard InChI is InChI=1S/C15H22N2O3S2/c1-11(21-13-5-3-2-4-6-13)15(18)17-12-7-9-14(10-8-12)22(16,19)20/h7-11,13H,2-6H2,1H3,(H,17,18)(H2,16,19,20). The minimum absolute atomic E-state index is 0.0372. The van der Waals surface area contributed by atoms with Gasteiger partial charge in [-0.1, -0.05) is 19.3 Å². The van der Waals surface area contributed by atoms with Gasteiger partial charge in [-0.3, -0.25) is 4.79 Å². The van der Waals surface area contributed by atoms with Gasteiger partial charge in [0.2, 0.25) is 15.9 Å². The Hall–Kier alpha value is -1.05. The van der Waals surface area contributed by atoms with E-state index in [4.69, 9.17) is 5.14 Å². The largest absolute Gasteiger partial charge is 0.325 e. The first kappa shape index (κ1) is 17.3. The molecule has 3 N–H and O–H groups in total. The Labute approximate surface area is 136 Å². The van der Waals surface area contributed by atoms with Crippen LogP contribution in [0.15, 0.2) is 29.2 Å². The summed E-state index contributed by atoms with van der Waals surface area (Å²) in [5, 5.41) is 8.30. The van der Waals surface area contributed by atoms with Crippen LogP contribution in [0.3, 0.4) is 0 Å². The second-order valence-corrected chi connectivity index (χ2v) is 8.80. The molecule has 1 saturated carbocycles. The number of nitrogens with two attached hydrogens (primary N) is 1. The van der Waals surface area contributed by atoms with Gasteiger partial charge in [-0.2, -0.15) is 0 Å². The van der Waals surface area contributed by atoms with E-state index in [2.05, 4.69) is 5.32 Å². The predicted molar refractivity (Wildman–Crippen MR) is 90.4 cm³/mol. The molecule has 1 aliphatic rings. The van der Waals surface area contributed by atoms with Gasteiger partial charge in [-0.25, -0.2) is 13.6 Å². The molecule has 0 saturated heterocycles. The van der Waals surface area contributed by atoms with E-state index >= 15 is 0 Å². The van der Waals surface area contributed by atoms with Crippen molar-refractivity contribution in [3.63, 3.8) is 0 Å². The lowest BCUT2D eigenvalue weighted by atomic mass is 10.0. The Bertz CT molecular complexity index is 608. The van der Waals surface area contributed by atoms with Gasteiger partial charge >= 0.3 is 0 Å². The van der Waals surface area contributed by atoms with E-state index < -0.39 is 10.0 Å². The molecule has 1 atom stereocenters. The molecular formula is C15H22N2O3S2. The number of hydrogen-bond donors (Lipinski definition) is 2. The highest BCUT2D eigenvalue weighted by atomic mass is 32.2. The molecule has 1 unspecified atom stereocenters. The van der Waals surface area contributed by atoms with Crippen LogP contribution in [0.1, 0.15) is 39.0 Å². The maximum Gasteiger partial charge on any atom is 0.238 e. The van der Waals surface area contributed by atoms with Crippen LogP contribution in [0, 0.1) is 0 Å². The number of amides is 1. The first-order valence-electron chi connectivity index (χ1n) is 7.45. The summed E-state index contributed by atoms with van der Waals surface area (Å²) in [6, 6.07) is 5.89. The van der Waals surface area contributed by atoms with Crippen molar-refractivity contribution >= 4 is 33.4 Å². The van der Waals surface area contributed by atoms with Gasteiger partial charge < -0.3 is 5.32 Å². The Morgan fingerprint density at radius 1 is 1.23 bits per heavy atom. The fourth-order valence-corrected chi connectivity index (χ4v) is 4.40. The molecule has 0 aliphatic heterocycles. The van der Waals surface area contributed by atoms with E-state index in [-0.39, 0.29) is 16.1 Å². The van der Waals surface area contributed by atoms with Gasteiger partial charge in [0.05, 0.1) is 10.1 Å². The quantitative estimate of drug-likeness (QED) is 0.861. The highest BCUT2D eigenvalue weighted by molar-refractivity contribution is 8.01. The maximum absolute atomic E-state index is 12.2. The number of thioether (sulfide) groups is 1. The summed E-state index contributed by atoms with van der Waals surface area (Å²) in [7, 11) is -3.70. The van der Waals surface area contributed by atoms with Crippen LogP contribution in [0.4, 0.5) is 5.69 Å². The van der Waals surface area contributed by atoms with Crippen LogP contribution >= 0.6 is 11.8 Å². The van der Waals surface area contributed by atoms with Crippen molar-refractivity contribution < 1.29 is 13.2 Å². The second-order valence-electron chi connectivity index (χ2n) is 5.60. The molecule has 0 spiro atoms. The van der Waals surface area contributed by atoms with Gasteiger partial charge in [0.1, 0.15) is 0 Å². The minimum Gasteiger partial charge on any atom is -0.325 e. The third kappa shape index (κ3) is 5.00. The number of benzene rings is 1. The monoisotopic (exact) mass is 342 g/mol. The summed E-state index contributed by atoms with van der Waals surface area (Å²) in [5.41, 5.74) is 0.577. The van der Waals surface area contributed by atoms with Crippen molar-refractivity contribution in [2.75, 3.05) is 5.32 Å². The number of nitrogens with one attached hydrogen (secondary N) is 1. The molecule has 0 heterocycles. The molecule has 2 rings (SSSR count). The molecular weight excluding hydrogens is 320 g/mol. The molecule has 0 radical (unpaired) electrons. The summed E-state index contributed by atoms with van der Waals surface area (Å²) >= 11 is 1.73. The van der Waals surface area contributed by atoms with Crippen molar-refractivity contribution in [3.05, 3.63) is 24.3 Å². The average Bonchev–Trinajstić information content (AvgIpc) is 2.48. The van der Waals surface area contributed by atoms with E-state index in [9.17, 15) is 13.2 Å². The third-order valence-electron chi connectivity index (χ3n) is 3.77. The Morgan fingerprint density at radius 2 is 1.82 bits per heavy atom. The molecule has 0 aromatic heterocycles. The molecule has 122 valence electrons. The Kier molecular flexibility index (Phi) is 5.88. The SMILES string of the molecule is CC(SC1CCCCC1)C(=O)Nc1ccc(S(N)(=O)=O)cc1. The van der Waals surface area contributed by atoms with Gasteiger partial charge in [0.15, 0.2) is 0 Å². The number of anilines is 1. The molecule has 5 nitrogen and oxygen atoms in total. The molecule has 1 aliphatic carbocycles. The van der Waals surface area contributed by atoms with Crippen LogP contribution in [-0.4, -0.2) is 24.8 Å². The zero-order chi connectivity index (χ0) is 16.2. The number of carbonyl (C=O) groups is 1. The van der Waals surface area contributed by atoms with Crippen LogP contribution in [0.5, 0.6) is 0 Å². The van der Waals surface area contributed by atoms with E-state index in [0.717, 1.165) is 0 Å². The van der Waals surface area contributed by atoms with E-state index in [1.54, 1.807) is 23.9 Å². The van der Waals surface area contributed by atoms with Gasteiger partial charge in [0, 0.05) is 10.9 Å². The molecule has 1 aromatic carbocycles. The van der Waals surface area contributed by atoms with Crippen molar-refractivity contribution in [1.82, 2.24) is 0 Å². The molecule has 0 bridgehead atoms. The highest BCUT2D eigenvalue weighted by Gasteiger charge is 2.21. The predicted octanol–water partition coefficient (Wildman–Crippen LogP) is 2.73. The minimum atomic E-state index is -3.70. The molecule has 22 heavy (non-hydrogen) atoms. The molecule has 1 amide bonds. The topological polar surface area (TPSA) is 89.3 Å². The number of sulfonamides is 1. The van der Waals surface area contributed by atoms with Crippen molar-refractivity contribution in [3.8, 4) is 0 Å². The smallest absolute Gasteiger partial charge is 0.238 e. The number of rotatable bonds is 5. The van der Waals surface area contributed by atoms with E-state index in [1.807, 2.05) is 6.92 Å². The molecule has 1 aromatic rings. The fourth-order valence-electron chi connectivity index (χ4n) is 2.52. The van der Waals surface area contributed by atoms with Crippen molar-refractivity contribution in [2.24, 2.45) is 5.14 Å². The average molecular weight is 342 g/mol. The lowest BCUT2D eigenvalue weighted by Crippen LogP contribution is -2.25. The summed E-state index contributed by atoms with van der Waals surface area (Å²) < 4.78 is 22.4. The van der Waals surface area contributed by atoms with Crippen molar-refractivity contribution in [2.45, 2.75) is 54.4 Å². The Balaban J connectivity index is 1.90. The fraction of sp³-hybridized carbons (Fsp3) is 0.533. The first-order valence-corrected chi connectivity index (χ1v) is 9.94. The zero-order valence-corrected chi connectivity index (χ0v) is 14.3. The van der Waals surface area contributed by atoms with Crippen LogP contribution in [0.2, 0.25) is 0 Å². The maximum atomic E-state index is 12.2. The van der Waals surface area contributed by atoms with Crippen LogP contribution in [-0.2, 0) is 14.8 Å². The van der Waals surface area contributed by atoms with Crippen LogP contribution in [0.25, 0.3) is 0 Å². The van der Waals surface area contributed by atoms with Crippen LogP contribution < -0.4 is 10.5 Å². The van der Waals surface area contributed by atoms with Gasteiger partial charge in [0.25, 0.3) is 0 Å². The summed E-state index contributed by atoms with van der Waals surface area (Å²) in [6.45, 7) is 1.91. The molecule has 1 fully saturated rings. The first-order chi connectivity index (χ1) is 10.4. The third-order valence-corrected chi connectivity index (χ3v) is 6.18. The molecule has 7 heteroatoms. The second kappa shape index (κ2) is 7.48. The normalized spacial score (nSPS) is 17.9. The van der Waals surface area contributed by atoms with Crippen molar-refractivity contribution in [1.29, 1.82) is 0 Å². The summed E-state index contributed by atoms with van der Waals surface area (Å²) in [6.07, 6.45) is 6.17. The zero-order valence-electron chi connectivity index (χ0n) is 12.6. The number of primary sulfonamides is 1. The lowest BCUT2D eigenvalue weighted by Gasteiger charge is -2.23. The summed E-state index contributed by atoms with van der Waals surface area (Å²) in [5.74, 6) is -0.0565. The van der Waals surface area contributed by atoms with E-state index in [1.165, 1.54) is 44.2 Å². The van der Waals surface area contributed by atoms with Gasteiger partial charge in [-0.15, -0.1) is 11.8 Å². The lowest BCUT2D eigenvalue weighted by molar-refractivity contribution is -0.115. The number of hydrogen-bond acceptors (Lipinski definition) is 4. The highest BCUT2D eigenvalue weighted by Crippen LogP contribution is 2.31. The van der Waals surface area contributed by atoms with E-state index in [0.29, 0.717) is 10.9 Å². The summed E-state index contributed by atoms with van der Waals surface area (Å²) in [4.78, 5) is 12.2. The number of carbonyl (C=O) groups excluding carboxylic acids is 1.